The second kappa shape index (κ2) is 4.86. The maximum atomic E-state index is 11.7. The number of esters is 1. The molecule has 6 heteroatoms. The number of benzene rings is 1. The van der Waals surface area contributed by atoms with Gasteiger partial charge in [-0.1, -0.05) is 11.6 Å². The lowest BCUT2D eigenvalue weighted by atomic mass is 10.2. The first kappa shape index (κ1) is 12.7. The Morgan fingerprint density at radius 1 is 1.61 bits per heavy atom. The summed E-state index contributed by atoms with van der Waals surface area (Å²) in [5, 5.41) is 5.27. The van der Waals surface area contributed by atoms with E-state index in [1.165, 1.54) is 4.68 Å². The smallest absolute Gasteiger partial charge is 0.330 e. The molecular weight excluding hydrogens is 254 g/mol. The van der Waals surface area contributed by atoms with Crippen LogP contribution in [0.1, 0.15) is 19.9 Å². The van der Waals surface area contributed by atoms with Crippen LogP contribution in [0.4, 0.5) is 5.69 Å². The fourth-order valence-electron chi connectivity index (χ4n) is 1.77. The van der Waals surface area contributed by atoms with Gasteiger partial charge in [0.1, 0.15) is 6.04 Å². The van der Waals surface area contributed by atoms with Crippen molar-refractivity contribution in [2.24, 2.45) is 0 Å². The predicted octanol–water partition coefficient (Wildman–Crippen LogP) is 2.40. The summed E-state index contributed by atoms with van der Waals surface area (Å²) in [6.45, 7) is 3.80. The highest BCUT2D eigenvalue weighted by Gasteiger charge is 2.20. The molecule has 1 aromatic heterocycles. The van der Waals surface area contributed by atoms with Crippen LogP contribution in [0.2, 0.25) is 5.15 Å². The van der Waals surface area contributed by atoms with Crippen LogP contribution in [-0.4, -0.2) is 22.4 Å². The molecule has 0 saturated heterocycles. The maximum absolute atomic E-state index is 11.7. The number of ether oxygens (including phenoxy) is 1. The number of carbonyl (C=O) groups excluding carboxylic acids is 1. The summed E-state index contributed by atoms with van der Waals surface area (Å²) >= 11 is 6.03. The SMILES string of the molecule is CCOC(=O)C(C)n1nc(Cl)c2ccc(N)cc21. The first-order chi connectivity index (χ1) is 8.54. The number of nitrogens with zero attached hydrogens (tertiary/aromatic N) is 2. The van der Waals surface area contributed by atoms with E-state index < -0.39 is 6.04 Å². The lowest BCUT2D eigenvalue weighted by Gasteiger charge is -2.12. The summed E-state index contributed by atoms with van der Waals surface area (Å²) in [4.78, 5) is 11.7. The van der Waals surface area contributed by atoms with Crippen molar-refractivity contribution in [3.8, 4) is 0 Å². The first-order valence-corrected chi connectivity index (χ1v) is 6.02. The topological polar surface area (TPSA) is 70.1 Å². The molecule has 1 atom stereocenters. The Balaban J connectivity index is 2.50. The quantitative estimate of drug-likeness (QED) is 0.685. The molecule has 1 unspecified atom stereocenters. The largest absolute Gasteiger partial charge is 0.464 e. The van der Waals surface area contributed by atoms with E-state index in [9.17, 15) is 4.79 Å². The molecule has 0 spiro atoms. The van der Waals surface area contributed by atoms with E-state index in [0.717, 1.165) is 10.9 Å². The molecule has 0 saturated carbocycles. The Morgan fingerprint density at radius 2 is 2.33 bits per heavy atom. The van der Waals surface area contributed by atoms with Crippen LogP contribution in [-0.2, 0) is 9.53 Å². The van der Waals surface area contributed by atoms with Gasteiger partial charge >= 0.3 is 5.97 Å². The van der Waals surface area contributed by atoms with Crippen LogP contribution < -0.4 is 5.73 Å². The van der Waals surface area contributed by atoms with E-state index in [1.54, 1.807) is 32.0 Å². The molecule has 2 aromatic rings. The first-order valence-electron chi connectivity index (χ1n) is 5.64. The normalized spacial score (nSPS) is 12.6. The van der Waals surface area contributed by atoms with Crippen LogP contribution >= 0.6 is 11.6 Å². The molecule has 18 heavy (non-hydrogen) atoms. The molecule has 0 aliphatic rings. The molecule has 5 nitrogen and oxygen atoms in total. The zero-order chi connectivity index (χ0) is 13.3. The van der Waals surface area contributed by atoms with E-state index in [0.29, 0.717) is 17.4 Å². The summed E-state index contributed by atoms with van der Waals surface area (Å²) in [6.07, 6.45) is 0. The predicted molar refractivity (Wildman–Crippen MR) is 70.5 cm³/mol. The third kappa shape index (κ3) is 2.13. The van der Waals surface area contributed by atoms with Gasteiger partial charge in [0.2, 0.25) is 0 Å². The van der Waals surface area contributed by atoms with Crippen molar-refractivity contribution in [1.82, 2.24) is 9.78 Å². The van der Waals surface area contributed by atoms with Crippen molar-refractivity contribution in [3.63, 3.8) is 0 Å². The van der Waals surface area contributed by atoms with Crippen LogP contribution in [0.3, 0.4) is 0 Å². The number of aromatic nitrogens is 2. The summed E-state index contributed by atoms with van der Waals surface area (Å²) < 4.78 is 6.51. The number of carbonyl (C=O) groups is 1. The lowest BCUT2D eigenvalue weighted by molar-refractivity contribution is -0.146. The van der Waals surface area contributed by atoms with E-state index in [1.807, 2.05) is 0 Å². The average molecular weight is 268 g/mol. The molecule has 2 rings (SSSR count). The highest BCUT2D eigenvalue weighted by atomic mass is 35.5. The second-order valence-corrected chi connectivity index (χ2v) is 4.30. The lowest BCUT2D eigenvalue weighted by Crippen LogP contribution is -2.20. The third-order valence-corrected chi connectivity index (χ3v) is 2.96. The van der Waals surface area contributed by atoms with Crippen molar-refractivity contribution >= 4 is 34.2 Å². The fourth-order valence-corrected chi connectivity index (χ4v) is 2.01. The molecule has 96 valence electrons. The molecule has 1 heterocycles. The highest BCUT2D eigenvalue weighted by molar-refractivity contribution is 6.34. The number of rotatable bonds is 3. The van der Waals surface area contributed by atoms with Crippen molar-refractivity contribution in [2.45, 2.75) is 19.9 Å². The van der Waals surface area contributed by atoms with Crippen LogP contribution in [0, 0.1) is 0 Å². The van der Waals surface area contributed by atoms with Crippen molar-refractivity contribution in [1.29, 1.82) is 0 Å². The Bertz CT molecular complexity index is 594. The molecular formula is C12H14ClN3O2. The van der Waals surface area contributed by atoms with Gasteiger partial charge in [0, 0.05) is 11.1 Å². The highest BCUT2D eigenvalue weighted by Crippen LogP contribution is 2.27. The molecule has 2 N–H and O–H groups in total. The summed E-state index contributed by atoms with van der Waals surface area (Å²) in [7, 11) is 0. The number of halogens is 1. The Morgan fingerprint density at radius 3 is 3.00 bits per heavy atom. The van der Waals surface area contributed by atoms with Crippen LogP contribution in [0.5, 0.6) is 0 Å². The van der Waals surface area contributed by atoms with Gasteiger partial charge in [0.15, 0.2) is 5.15 Å². The number of hydrogen-bond acceptors (Lipinski definition) is 4. The molecule has 0 radical (unpaired) electrons. The van der Waals surface area contributed by atoms with Crippen molar-refractivity contribution in [2.75, 3.05) is 12.3 Å². The van der Waals surface area contributed by atoms with E-state index in [4.69, 9.17) is 22.1 Å². The number of nitrogen functional groups attached to an aromatic ring is 1. The molecule has 1 aromatic carbocycles. The van der Waals surface area contributed by atoms with Gasteiger partial charge in [-0.05, 0) is 32.0 Å². The number of anilines is 1. The van der Waals surface area contributed by atoms with E-state index >= 15 is 0 Å². The summed E-state index contributed by atoms with van der Waals surface area (Å²) in [5.41, 5.74) is 7.05. The minimum absolute atomic E-state index is 0.332. The van der Waals surface area contributed by atoms with Crippen molar-refractivity contribution in [3.05, 3.63) is 23.4 Å². The monoisotopic (exact) mass is 267 g/mol. The Labute approximate surface area is 109 Å². The minimum Gasteiger partial charge on any atom is -0.464 e. The third-order valence-electron chi connectivity index (χ3n) is 2.68. The molecule has 0 aliphatic carbocycles. The minimum atomic E-state index is -0.540. The molecule has 0 amide bonds. The van der Waals surface area contributed by atoms with Crippen molar-refractivity contribution < 1.29 is 9.53 Å². The summed E-state index contributed by atoms with van der Waals surface area (Å²) in [6, 6.07) is 4.73. The van der Waals surface area contributed by atoms with Gasteiger partial charge in [-0.3, -0.25) is 0 Å². The van der Waals surface area contributed by atoms with E-state index in [2.05, 4.69) is 5.10 Å². The van der Waals surface area contributed by atoms with Gasteiger partial charge in [-0.15, -0.1) is 0 Å². The number of fused-ring (bicyclic) bond motifs is 1. The number of hydrogen-bond donors (Lipinski definition) is 1. The van der Waals surface area contributed by atoms with Gasteiger partial charge in [0.25, 0.3) is 0 Å². The standard InChI is InChI=1S/C12H14ClN3O2/c1-3-18-12(17)7(2)16-10-6-8(14)4-5-9(10)11(13)15-16/h4-7H,3,14H2,1-2H3. The zero-order valence-electron chi connectivity index (χ0n) is 10.2. The molecule has 0 fully saturated rings. The fraction of sp³-hybridized carbons (Fsp3) is 0.333. The number of nitrogens with two attached hydrogens (primary N) is 1. The Hall–Kier alpha value is -1.75. The van der Waals surface area contributed by atoms with Gasteiger partial charge in [0.05, 0.1) is 12.1 Å². The van der Waals surface area contributed by atoms with Crippen LogP contribution in [0.15, 0.2) is 18.2 Å². The van der Waals surface area contributed by atoms with Gasteiger partial charge < -0.3 is 10.5 Å². The van der Waals surface area contributed by atoms with E-state index in [-0.39, 0.29) is 5.97 Å². The Kier molecular flexibility index (Phi) is 3.43. The second-order valence-electron chi connectivity index (χ2n) is 3.94. The average Bonchev–Trinajstić information content (AvgIpc) is 2.65. The van der Waals surface area contributed by atoms with Gasteiger partial charge in [-0.25, -0.2) is 9.48 Å². The van der Waals surface area contributed by atoms with Crippen LogP contribution in [0.25, 0.3) is 10.9 Å². The van der Waals surface area contributed by atoms with Gasteiger partial charge in [-0.2, -0.15) is 5.10 Å². The maximum Gasteiger partial charge on any atom is 0.330 e. The zero-order valence-corrected chi connectivity index (χ0v) is 10.9. The molecule has 0 aliphatic heterocycles. The summed E-state index contributed by atoms with van der Waals surface area (Å²) in [5.74, 6) is -0.346. The molecule has 0 bridgehead atoms.